The molecule has 114 valence electrons. The minimum atomic E-state index is -0.0820. The molecule has 0 radical (unpaired) electrons. The van der Waals surface area contributed by atoms with Crippen molar-refractivity contribution in [1.82, 2.24) is 19.7 Å². The van der Waals surface area contributed by atoms with Crippen LogP contribution in [-0.2, 0) is 6.61 Å². The van der Waals surface area contributed by atoms with Gasteiger partial charge in [0.25, 0.3) is 0 Å². The number of nitrogens with zero attached hydrogens (tertiary/aromatic N) is 4. The Kier molecular flexibility index (Phi) is 3.38. The normalized spacial score (nSPS) is 16.3. The van der Waals surface area contributed by atoms with Gasteiger partial charge < -0.3 is 14.1 Å². The molecule has 0 aliphatic heterocycles. The van der Waals surface area contributed by atoms with Crippen molar-refractivity contribution >= 4 is 22.9 Å². The van der Waals surface area contributed by atoms with Gasteiger partial charge in [-0.05, 0) is 31.9 Å². The van der Waals surface area contributed by atoms with E-state index in [0.717, 1.165) is 29.1 Å². The van der Waals surface area contributed by atoms with Gasteiger partial charge in [-0.1, -0.05) is 23.9 Å². The zero-order valence-electron chi connectivity index (χ0n) is 12.1. The van der Waals surface area contributed by atoms with E-state index >= 15 is 0 Å². The summed E-state index contributed by atoms with van der Waals surface area (Å²) in [5.41, 5.74) is 1.66. The number of hydrogen-bond donors (Lipinski definition) is 1. The molecule has 1 aromatic carbocycles. The highest BCUT2D eigenvalue weighted by Gasteiger charge is 2.30. The van der Waals surface area contributed by atoms with Gasteiger partial charge in [-0.15, -0.1) is 10.2 Å². The number of aliphatic hydroxyl groups excluding tert-OH is 1. The molecule has 6 nitrogen and oxygen atoms in total. The van der Waals surface area contributed by atoms with E-state index in [4.69, 9.17) is 4.42 Å². The molecule has 7 heteroatoms. The first kappa shape index (κ1) is 13.8. The van der Waals surface area contributed by atoms with Crippen molar-refractivity contribution in [3.63, 3.8) is 0 Å². The predicted octanol–water partition coefficient (Wildman–Crippen LogP) is 3.10. The molecule has 1 atom stereocenters. The van der Waals surface area contributed by atoms with Crippen LogP contribution in [0.2, 0.25) is 0 Å². The van der Waals surface area contributed by atoms with Crippen LogP contribution in [0.5, 0.6) is 0 Å². The number of rotatable bonds is 5. The van der Waals surface area contributed by atoms with Gasteiger partial charge in [0.1, 0.15) is 12.1 Å². The maximum absolute atomic E-state index is 9.39. The van der Waals surface area contributed by atoms with Crippen LogP contribution in [0.25, 0.3) is 11.1 Å². The van der Waals surface area contributed by atoms with E-state index in [-0.39, 0.29) is 11.9 Å². The summed E-state index contributed by atoms with van der Waals surface area (Å²) in [5, 5.41) is 18.5. The SMILES string of the molecule is CC(Sc1nnc(CO)n1C1CC1)c1nc2ccccc2o1. The number of thioether (sulfide) groups is 1. The van der Waals surface area contributed by atoms with Crippen LogP contribution in [0, 0.1) is 0 Å². The van der Waals surface area contributed by atoms with Crippen LogP contribution in [0.3, 0.4) is 0 Å². The van der Waals surface area contributed by atoms with Gasteiger partial charge in [0.2, 0.25) is 5.89 Å². The van der Waals surface area contributed by atoms with Crippen molar-refractivity contribution in [1.29, 1.82) is 0 Å². The number of benzene rings is 1. The molecule has 0 spiro atoms. The van der Waals surface area contributed by atoms with Gasteiger partial charge in [0, 0.05) is 6.04 Å². The molecule has 0 bridgehead atoms. The van der Waals surface area contributed by atoms with Crippen LogP contribution in [0.15, 0.2) is 33.8 Å². The number of hydrogen-bond acceptors (Lipinski definition) is 6. The Bertz CT molecular complexity index is 776. The number of oxazole rings is 1. The number of aliphatic hydroxyl groups is 1. The van der Waals surface area contributed by atoms with E-state index in [0.29, 0.717) is 17.8 Å². The summed E-state index contributed by atoms with van der Waals surface area (Å²) in [4.78, 5) is 4.53. The Hall–Kier alpha value is -1.86. The minimum absolute atomic E-state index is 0.0284. The average molecular weight is 316 g/mol. The summed E-state index contributed by atoms with van der Waals surface area (Å²) in [5.74, 6) is 1.32. The summed E-state index contributed by atoms with van der Waals surface area (Å²) in [6, 6.07) is 8.17. The smallest absolute Gasteiger partial charge is 0.208 e. The third kappa shape index (κ3) is 2.40. The average Bonchev–Trinajstić information content (AvgIpc) is 3.14. The fourth-order valence-electron chi connectivity index (χ4n) is 2.47. The van der Waals surface area contributed by atoms with Gasteiger partial charge >= 0.3 is 0 Å². The molecule has 3 aromatic rings. The van der Waals surface area contributed by atoms with E-state index in [9.17, 15) is 5.11 Å². The van der Waals surface area contributed by atoms with Crippen LogP contribution in [0.4, 0.5) is 0 Å². The molecule has 1 saturated carbocycles. The molecule has 1 aliphatic carbocycles. The Labute approximate surface area is 131 Å². The first-order chi connectivity index (χ1) is 10.8. The van der Waals surface area contributed by atoms with E-state index in [1.807, 2.05) is 35.8 Å². The van der Waals surface area contributed by atoms with Gasteiger partial charge in [-0.3, -0.25) is 0 Å². The van der Waals surface area contributed by atoms with Crippen LogP contribution < -0.4 is 0 Å². The molecule has 1 N–H and O–H groups in total. The van der Waals surface area contributed by atoms with E-state index in [1.165, 1.54) is 0 Å². The Morgan fingerprint density at radius 3 is 2.91 bits per heavy atom. The second-order valence-corrected chi connectivity index (χ2v) is 6.75. The zero-order valence-corrected chi connectivity index (χ0v) is 13.0. The van der Waals surface area contributed by atoms with Gasteiger partial charge in [-0.2, -0.15) is 0 Å². The van der Waals surface area contributed by atoms with Crippen LogP contribution in [-0.4, -0.2) is 24.9 Å². The molecule has 4 rings (SSSR count). The highest BCUT2D eigenvalue weighted by Crippen LogP contribution is 2.42. The Morgan fingerprint density at radius 1 is 1.36 bits per heavy atom. The first-order valence-electron chi connectivity index (χ1n) is 7.33. The van der Waals surface area contributed by atoms with Gasteiger partial charge in [0.15, 0.2) is 16.6 Å². The fraction of sp³-hybridized carbons (Fsp3) is 0.400. The second-order valence-electron chi connectivity index (χ2n) is 5.44. The summed E-state index contributed by atoms with van der Waals surface area (Å²) >= 11 is 1.57. The van der Waals surface area contributed by atoms with E-state index in [1.54, 1.807) is 11.8 Å². The highest BCUT2D eigenvalue weighted by atomic mass is 32.2. The Morgan fingerprint density at radius 2 is 2.18 bits per heavy atom. The summed E-state index contributed by atoms with van der Waals surface area (Å²) < 4.78 is 7.86. The maximum atomic E-state index is 9.39. The predicted molar refractivity (Wildman–Crippen MR) is 82.5 cm³/mol. The molecular weight excluding hydrogens is 300 g/mol. The zero-order chi connectivity index (χ0) is 15.1. The first-order valence-corrected chi connectivity index (χ1v) is 8.21. The third-order valence-corrected chi connectivity index (χ3v) is 4.77. The molecule has 0 amide bonds. The largest absolute Gasteiger partial charge is 0.439 e. The van der Waals surface area contributed by atoms with Crippen molar-refractivity contribution in [2.24, 2.45) is 0 Å². The number of para-hydroxylation sites is 2. The number of fused-ring (bicyclic) bond motifs is 1. The van der Waals surface area contributed by atoms with Gasteiger partial charge in [-0.25, -0.2) is 4.98 Å². The monoisotopic (exact) mass is 316 g/mol. The van der Waals surface area contributed by atoms with Crippen molar-refractivity contribution in [2.75, 3.05) is 0 Å². The molecule has 1 aliphatic rings. The molecule has 2 heterocycles. The summed E-state index contributed by atoms with van der Waals surface area (Å²) in [7, 11) is 0. The van der Waals surface area contributed by atoms with E-state index < -0.39 is 0 Å². The summed E-state index contributed by atoms with van der Waals surface area (Å²) in [6.07, 6.45) is 2.24. The number of aromatic nitrogens is 4. The standard InChI is InChI=1S/C15H16N4O2S/c1-9(14-16-11-4-2-3-5-12(11)21-14)22-15-18-17-13(8-20)19(15)10-6-7-10/h2-5,9-10,20H,6-8H2,1H3. The van der Waals surface area contributed by atoms with Crippen molar-refractivity contribution in [3.05, 3.63) is 36.0 Å². The molecule has 1 unspecified atom stereocenters. The summed E-state index contributed by atoms with van der Waals surface area (Å²) in [6.45, 7) is 1.96. The highest BCUT2D eigenvalue weighted by molar-refractivity contribution is 7.99. The van der Waals surface area contributed by atoms with Crippen LogP contribution >= 0.6 is 11.8 Å². The third-order valence-electron chi connectivity index (χ3n) is 3.73. The van der Waals surface area contributed by atoms with E-state index in [2.05, 4.69) is 15.2 Å². The van der Waals surface area contributed by atoms with Crippen molar-refractivity contribution < 1.29 is 9.52 Å². The fourth-order valence-corrected chi connectivity index (χ4v) is 3.44. The molecule has 1 fully saturated rings. The van der Waals surface area contributed by atoms with Crippen molar-refractivity contribution in [2.45, 2.75) is 42.8 Å². The van der Waals surface area contributed by atoms with Crippen LogP contribution in [0.1, 0.15) is 42.8 Å². The lowest BCUT2D eigenvalue weighted by Gasteiger charge is -2.09. The molecule has 2 aromatic heterocycles. The lowest BCUT2D eigenvalue weighted by atomic mass is 10.3. The second kappa shape index (κ2) is 5.40. The molecular formula is C15H16N4O2S. The quantitative estimate of drug-likeness (QED) is 0.729. The molecule has 22 heavy (non-hydrogen) atoms. The Balaban J connectivity index is 1.61. The maximum Gasteiger partial charge on any atom is 0.208 e. The topological polar surface area (TPSA) is 77.0 Å². The van der Waals surface area contributed by atoms with Gasteiger partial charge in [0.05, 0.1) is 5.25 Å². The van der Waals surface area contributed by atoms with Crippen molar-refractivity contribution in [3.8, 4) is 0 Å². The minimum Gasteiger partial charge on any atom is -0.439 e. The molecule has 0 saturated heterocycles. The lowest BCUT2D eigenvalue weighted by Crippen LogP contribution is -2.03. The lowest BCUT2D eigenvalue weighted by molar-refractivity contribution is 0.263.